The first-order valence-electron chi connectivity index (χ1n) is 10.0. The molecule has 1 aromatic carbocycles. The van der Waals surface area contributed by atoms with E-state index < -0.39 is 0 Å². The van der Waals surface area contributed by atoms with Crippen molar-refractivity contribution in [1.82, 2.24) is 14.8 Å². The van der Waals surface area contributed by atoms with Crippen LogP contribution in [0, 0.1) is 0 Å². The van der Waals surface area contributed by atoms with Gasteiger partial charge in [-0.05, 0) is 54.8 Å². The highest BCUT2D eigenvalue weighted by atomic mass is 16.7. The summed E-state index contributed by atoms with van der Waals surface area (Å²) in [6.07, 6.45) is 6.26. The van der Waals surface area contributed by atoms with Crippen LogP contribution >= 0.6 is 0 Å². The SMILES string of the molecule is CCN(Cc1ccncc1)C1CCCN(C(=O)Cc2ccc3c(c2)OCO3)C1. The third-order valence-corrected chi connectivity index (χ3v) is 5.60. The van der Waals surface area contributed by atoms with Crippen molar-refractivity contribution in [2.75, 3.05) is 26.4 Å². The molecule has 1 amide bonds. The highest BCUT2D eigenvalue weighted by Gasteiger charge is 2.27. The Morgan fingerprint density at radius 3 is 2.82 bits per heavy atom. The molecule has 6 heteroatoms. The maximum atomic E-state index is 12.9. The van der Waals surface area contributed by atoms with Gasteiger partial charge < -0.3 is 14.4 Å². The fraction of sp³-hybridized carbons (Fsp3) is 0.455. The smallest absolute Gasteiger partial charge is 0.231 e. The zero-order valence-corrected chi connectivity index (χ0v) is 16.3. The molecule has 0 aliphatic carbocycles. The number of piperidine rings is 1. The molecule has 3 heterocycles. The van der Waals surface area contributed by atoms with Crippen molar-refractivity contribution in [2.45, 2.75) is 38.8 Å². The van der Waals surface area contributed by atoms with E-state index in [1.165, 1.54) is 5.56 Å². The largest absolute Gasteiger partial charge is 0.454 e. The van der Waals surface area contributed by atoms with Gasteiger partial charge in [0.2, 0.25) is 12.7 Å². The summed E-state index contributed by atoms with van der Waals surface area (Å²) >= 11 is 0. The van der Waals surface area contributed by atoms with E-state index in [-0.39, 0.29) is 12.7 Å². The van der Waals surface area contributed by atoms with E-state index in [4.69, 9.17) is 9.47 Å². The van der Waals surface area contributed by atoms with Gasteiger partial charge in [-0.15, -0.1) is 0 Å². The first-order valence-corrected chi connectivity index (χ1v) is 10.0. The highest BCUT2D eigenvalue weighted by molar-refractivity contribution is 5.79. The molecular formula is C22H27N3O3. The summed E-state index contributed by atoms with van der Waals surface area (Å²) in [7, 11) is 0. The molecular weight excluding hydrogens is 354 g/mol. The quantitative estimate of drug-likeness (QED) is 0.770. The third kappa shape index (κ3) is 4.28. The van der Waals surface area contributed by atoms with Crippen molar-refractivity contribution in [3.63, 3.8) is 0 Å². The van der Waals surface area contributed by atoms with Crippen LogP contribution in [0.3, 0.4) is 0 Å². The number of ether oxygens (including phenoxy) is 2. The topological polar surface area (TPSA) is 54.9 Å². The van der Waals surface area contributed by atoms with Gasteiger partial charge in [-0.1, -0.05) is 13.0 Å². The Labute approximate surface area is 166 Å². The molecule has 1 aromatic heterocycles. The molecule has 148 valence electrons. The third-order valence-electron chi connectivity index (χ3n) is 5.60. The van der Waals surface area contributed by atoms with Crippen LogP contribution in [0.25, 0.3) is 0 Å². The van der Waals surface area contributed by atoms with Crippen molar-refractivity contribution in [3.05, 3.63) is 53.9 Å². The Balaban J connectivity index is 1.37. The number of likely N-dealkylation sites (N-methyl/N-ethyl adjacent to an activating group) is 1. The van der Waals surface area contributed by atoms with Crippen LogP contribution in [0.15, 0.2) is 42.7 Å². The molecule has 1 atom stereocenters. The summed E-state index contributed by atoms with van der Waals surface area (Å²) in [5.74, 6) is 1.67. The lowest BCUT2D eigenvalue weighted by Gasteiger charge is -2.39. The predicted molar refractivity (Wildman–Crippen MR) is 106 cm³/mol. The number of aromatic nitrogens is 1. The van der Waals surface area contributed by atoms with Gasteiger partial charge in [-0.25, -0.2) is 0 Å². The van der Waals surface area contributed by atoms with Crippen molar-refractivity contribution in [2.24, 2.45) is 0 Å². The molecule has 4 rings (SSSR count). The Bertz CT molecular complexity index is 812. The molecule has 0 spiro atoms. The van der Waals surface area contributed by atoms with E-state index in [2.05, 4.69) is 28.9 Å². The number of hydrogen-bond donors (Lipinski definition) is 0. The van der Waals surface area contributed by atoms with E-state index in [0.29, 0.717) is 12.5 Å². The monoisotopic (exact) mass is 381 g/mol. The lowest BCUT2D eigenvalue weighted by Crippen LogP contribution is -2.49. The number of likely N-dealkylation sites (tertiary alicyclic amines) is 1. The summed E-state index contributed by atoms with van der Waals surface area (Å²) in [4.78, 5) is 21.5. The summed E-state index contributed by atoms with van der Waals surface area (Å²) in [6.45, 7) is 5.94. The van der Waals surface area contributed by atoms with E-state index in [9.17, 15) is 4.79 Å². The molecule has 0 saturated carbocycles. The minimum absolute atomic E-state index is 0.184. The second kappa shape index (κ2) is 8.61. The number of rotatable bonds is 6. The molecule has 6 nitrogen and oxygen atoms in total. The van der Waals surface area contributed by atoms with Gasteiger partial charge in [0.25, 0.3) is 0 Å². The maximum Gasteiger partial charge on any atom is 0.231 e. The highest BCUT2D eigenvalue weighted by Crippen LogP contribution is 2.32. The summed E-state index contributed by atoms with van der Waals surface area (Å²) in [5.41, 5.74) is 2.24. The molecule has 0 N–H and O–H groups in total. The van der Waals surface area contributed by atoms with Gasteiger partial charge in [0, 0.05) is 38.1 Å². The van der Waals surface area contributed by atoms with Gasteiger partial charge in [-0.2, -0.15) is 0 Å². The number of fused-ring (bicyclic) bond motifs is 1. The molecule has 0 radical (unpaired) electrons. The lowest BCUT2D eigenvalue weighted by molar-refractivity contribution is -0.132. The first-order chi connectivity index (χ1) is 13.7. The van der Waals surface area contributed by atoms with Crippen LogP contribution in [0.2, 0.25) is 0 Å². The second-order valence-corrected chi connectivity index (χ2v) is 7.42. The first kappa shape index (κ1) is 18.7. The zero-order chi connectivity index (χ0) is 19.3. The zero-order valence-electron chi connectivity index (χ0n) is 16.3. The number of hydrogen-bond acceptors (Lipinski definition) is 5. The number of benzene rings is 1. The van der Waals surface area contributed by atoms with Crippen LogP contribution in [-0.4, -0.2) is 53.2 Å². The number of carbonyl (C=O) groups excluding carboxylic acids is 1. The predicted octanol–water partition coefficient (Wildman–Crippen LogP) is 2.87. The van der Waals surface area contributed by atoms with Gasteiger partial charge in [-0.3, -0.25) is 14.7 Å². The average molecular weight is 381 g/mol. The molecule has 2 aromatic rings. The Hall–Kier alpha value is -2.60. The lowest BCUT2D eigenvalue weighted by atomic mass is 10.0. The average Bonchev–Trinajstić information content (AvgIpc) is 3.21. The number of carbonyl (C=O) groups is 1. The van der Waals surface area contributed by atoms with Gasteiger partial charge in [0.05, 0.1) is 6.42 Å². The van der Waals surface area contributed by atoms with Crippen molar-refractivity contribution < 1.29 is 14.3 Å². The number of nitrogens with zero attached hydrogens (tertiary/aromatic N) is 3. The summed E-state index contributed by atoms with van der Waals surface area (Å²) in [6, 6.07) is 10.3. The van der Waals surface area contributed by atoms with Crippen LogP contribution in [0.1, 0.15) is 30.9 Å². The maximum absolute atomic E-state index is 12.9. The van der Waals surface area contributed by atoms with Crippen LogP contribution in [0.5, 0.6) is 11.5 Å². The van der Waals surface area contributed by atoms with Gasteiger partial charge in [0.1, 0.15) is 0 Å². The fourth-order valence-corrected chi connectivity index (χ4v) is 4.04. The molecule has 1 fully saturated rings. The number of pyridine rings is 1. The summed E-state index contributed by atoms with van der Waals surface area (Å²) < 4.78 is 10.8. The molecule has 0 bridgehead atoms. The van der Waals surface area contributed by atoms with E-state index in [0.717, 1.165) is 56.1 Å². The normalized spacial score (nSPS) is 18.5. The van der Waals surface area contributed by atoms with E-state index >= 15 is 0 Å². The fourth-order valence-electron chi connectivity index (χ4n) is 4.04. The van der Waals surface area contributed by atoms with Crippen LogP contribution < -0.4 is 9.47 Å². The van der Waals surface area contributed by atoms with Crippen molar-refractivity contribution >= 4 is 5.91 Å². The van der Waals surface area contributed by atoms with Gasteiger partial charge in [0.15, 0.2) is 11.5 Å². The standard InChI is InChI=1S/C22H27N3O3/c1-2-24(14-17-7-9-23-10-8-17)19-4-3-11-25(15-19)22(26)13-18-5-6-20-21(12-18)28-16-27-20/h5-10,12,19H,2-4,11,13-16H2,1H3. The van der Waals surface area contributed by atoms with Gasteiger partial charge >= 0.3 is 0 Å². The molecule has 28 heavy (non-hydrogen) atoms. The second-order valence-electron chi connectivity index (χ2n) is 7.42. The molecule has 2 aliphatic heterocycles. The Morgan fingerprint density at radius 2 is 2.00 bits per heavy atom. The van der Waals surface area contributed by atoms with Crippen LogP contribution in [-0.2, 0) is 17.8 Å². The number of amides is 1. The molecule has 1 saturated heterocycles. The van der Waals surface area contributed by atoms with Crippen molar-refractivity contribution in [3.8, 4) is 11.5 Å². The summed E-state index contributed by atoms with van der Waals surface area (Å²) in [5, 5.41) is 0. The minimum atomic E-state index is 0.184. The van der Waals surface area contributed by atoms with E-state index in [1.54, 1.807) is 0 Å². The Kier molecular flexibility index (Phi) is 5.76. The minimum Gasteiger partial charge on any atom is -0.454 e. The van der Waals surface area contributed by atoms with E-state index in [1.807, 2.05) is 35.5 Å². The van der Waals surface area contributed by atoms with Crippen LogP contribution in [0.4, 0.5) is 0 Å². The Morgan fingerprint density at radius 1 is 1.18 bits per heavy atom. The molecule has 1 unspecified atom stereocenters. The van der Waals surface area contributed by atoms with Crippen molar-refractivity contribution in [1.29, 1.82) is 0 Å². The molecule has 2 aliphatic rings.